The van der Waals surface area contributed by atoms with Gasteiger partial charge in [-0.15, -0.1) is 0 Å². The second-order valence-corrected chi connectivity index (χ2v) is 1.79. The van der Waals surface area contributed by atoms with Gasteiger partial charge in [0.1, 0.15) is 0 Å². The van der Waals surface area contributed by atoms with Gasteiger partial charge in [0.15, 0.2) is 0 Å². The molecule has 1 amide bonds. The Kier molecular flexibility index (Phi) is 3.40. The van der Waals surface area contributed by atoms with E-state index in [4.69, 9.17) is 16.7 Å². The molecule has 1 unspecified atom stereocenters. The van der Waals surface area contributed by atoms with Crippen LogP contribution in [0, 0.1) is 11.3 Å². The van der Waals surface area contributed by atoms with Crippen LogP contribution in [0.2, 0.25) is 0 Å². The molecule has 0 heterocycles. The predicted octanol–water partition coefficient (Wildman–Crippen LogP) is -0.897. The standard InChI is InChI=1S/C5H9N3O/c6-2-1-4(7)3-5(8)9/h4H,1,3,7H2,(H2,8,9). The first-order valence-corrected chi connectivity index (χ1v) is 2.57. The molecule has 0 spiro atoms. The highest BCUT2D eigenvalue weighted by molar-refractivity contribution is 5.74. The lowest BCUT2D eigenvalue weighted by Gasteiger charge is -2.00. The lowest BCUT2D eigenvalue weighted by atomic mass is 10.2. The Morgan fingerprint density at radius 2 is 2.33 bits per heavy atom. The van der Waals surface area contributed by atoms with Crippen molar-refractivity contribution in [3.05, 3.63) is 0 Å². The Hall–Kier alpha value is -1.08. The molecular formula is C5H9N3O. The van der Waals surface area contributed by atoms with Gasteiger partial charge in [-0.3, -0.25) is 4.79 Å². The predicted molar refractivity (Wildman–Crippen MR) is 32.0 cm³/mol. The van der Waals surface area contributed by atoms with Gasteiger partial charge in [-0.1, -0.05) is 0 Å². The molecule has 0 rings (SSSR count). The van der Waals surface area contributed by atoms with Gasteiger partial charge in [-0.2, -0.15) is 5.26 Å². The van der Waals surface area contributed by atoms with Crippen LogP contribution < -0.4 is 11.5 Å². The Bertz CT molecular complexity index is 138. The molecule has 0 aromatic rings. The van der Waals surface area contributed by atoms with E-state index in [1.54, 1.807) is 0 Å². The van der Waals surface area contributed by atoms with E-state index in [1.165, 1.54) is 0 Å². The van der Waals surface area contributed by atoms with Gasteiger partial charge < -0.3 is 11.5 Å². The second kappa shape index (κ2) is 3.87. The van der Waals surface area contributed by atoms with Gasteiger partial charge in [-0.25, -0.2) is 0 Å². The number of rotatable bonds is 3. The van der Waals surface area contributed by atoms with Gasteiger partial charge in [0.25, 0.3) is 0 Å². The molecule has 0 aliphatic heterocycles. The topological polar surface area (TPSA) is 92.9 Å². The molecule has 0 saturated heterocycles. The van der Waals surface area contributed by atoms with E-state index < -0.39 is 11.9 Å². The molecule has 0 radical (unpaired) electrons. The molecule has 1 atom stereocenters. The third-order valence-corrected chi connectivity index (χ3v) is 0.817. The van der Waals surface area contributed by atoms with Crippen LogP contribution in [0.25, 0.3) is 0 Å². The lowest BCUT2D eigenvalue weighted by molar-refractivity contribution is -0.118. The quantitative estimate of drug-likeness (QED) is 0.514. The summed E-state index contributed by atoms with van der Waals surface area (Å²) >= 11 is 0. The van der Waals surface area contributed by atoms with Gasteiger partial charge >= 0.3 is 0 Å². The van der Waals surface area contributed by atoms with Crippen molar-refractivity contribution in [2.45, 2.75) is 18.9 Å². The van der Waals surface area contributed by atoms with Gasteiger partial charge in [0.05, 0.1) is 12.5 Å². The van der Waals surface area contributed by atoms with E-state index in [-0.39, 0.29) is 12.8 Å². The largest absolute Gasteiger partial charge is 0.370 e. The van der Waals surface area contributed by atoms with Crippen molar-refractivity contribution < 1.29 is 4.79 Å². The first-order valence-electron chi connectivity index (χ1n) is 2.57. The van der Waals surface area contributed by atoms with Crippen LogP contribution in [0.4, 0.5) is 0 Å². The highest BCUT2D eigenvalue weighted by Crippen LogP contribution is 1.90. The number of nitrogens with two attached hydrogens (primary N) is 2. The molecule has 0 aliphatic carbocycles. The zero-order valence-corrected chi connectivity index (χ0v) is 5.00. The minimum Gasteiger partial charge on any atom is -0.370 e. The molecule has 0 bridgehead atoms. The smallest absolute Gasteiger partial charge is 0.219 e. The molecule has 0 aromatic heterocycles. The number of amides is 1. The summed E-state index contributed by atoms with van der Waals surface area (Å²) in [7, 11) is 0. The highest BCUT2D eigenvalue weighted by Gasteiger charge is 2.03. The maximum Gasteiger partial charge on any atom is 0.219 e. The summed E-state index contributed by atoms with van der Waals surface area (Å²) in [5.74, 6) is -0.460. The molecule has 4 nitrogen and oxygen atoms in total. The molecule has 0 fully saturated rings. The molecule has 9 heavy (non-hydrogen) atoms. The summed E-state index contributed by atoms with van der Waals surface area (Å²) in [6, 6.07) is 1.44. The SMILES string of the molecule is N#CCC(N)CC(N)=O. The van der Waals surface area contributed by atoms with Crippen LogP contribution in [0.1, 0.15) is 12.8 Å². The van der Waals surface area contributed by atoms with Crippen molar-refractivity contribution in [1.82, 2.24) is 0 Å². The number of carbonyl (C=O) groups is 1. The molecular weight excluding hydrogens is 118 g/mol. The number of primary amides is 1. The number of nitrogens with zero attached hydrogens (tertiary/aromatic N) is 1. The Morgan fingerprint density at radius 1 is 1.78 bits per heavy atom. The van der Waals surface area contributed by atoms with E-state index in [0.717, 1.165) is 0 Å². The van der Waals surface area contributed by atoms with Crippen molar-refractivity contribution in [3.63, 3.8) is 0 Å². The molecule has 4 heteroatoms. The van der Waals surface area contributed by atoms with Crippen molar-refractivity contribution in [1.29, 1.82) is 5.26 Å². The maximum absolute atomic E-state index is 10.1. The Balaban J connectivity index is 3.40. The van der Waals surface area contributed by atoms with Crippen molar-refractivity contribution >= 4 is 5.91 Å². The van der Waals surface area contributed by atoms with Crippen molar-refractivity contribution in [3.8, 4) is 6.07 Å². The Labute approximate surface area is 53.4 Å². The first-order chi connectivity index (χ1) is 4.16. The molecule has 0 saturated carbocycles. The van der Waals surface area contributed by atoms with Gasteiger partial charge in [0, 0.05) is 12.5 Å². The Morgan fingerprint density at radius 3 is 2.67 bits per heavy atom. The molecule has 50 valence electrons. The summed E-state index contributed by atoms with van der Waals surface area (Å²) < 4.78 is 0. The lowest BCUT2D eigenvalue weighted by Crippen LogP contribution is -2.26. The zero-order chi connectivity index (χ0) is 7.28. The van der Waals surface area contributed by atoms with E-state index in [2.05, 4.69) is 0 Å². The van der Waals surface area contributed by atoms with Crippen molar-refractivity contribution in [2.75, 3.05) is 0 Å². The fourth-order valence-corrected chi connectivity index (χ4v) is 0.448. The normalized spacial score (nSPS) is 12.0. The molecule has 0 aromatic carbocycles. The van der Waals surface area contributed by atoms with Crippen LogP contribution in [-0.2, 0) is 4.79 Å². The monoisotopic (exact) mass is 127 g/mol. The first kappa shape index (κ1) is 7.92. The van der Waals surface area contributed by atoms with Gasteiger partial charge in [-0.05, 0) is 0 Å². The van der Waals surface area contributed by atoms with Crippen LogP contribution >= 0.6 is 0 Å². The molecule has 0 aliphatic rings. The summed E-state index contributed by atoms with van der Waals surface area (Å²) in [4.78, 5) is 10.1. The zero-order valence-electron chi connectivity index (χ0n) is 5.00. The van der Waals surface area contributed by atoms with Crippen LogP contribution in [-0.4, -0.2) is 11.9 Å². The molecule has 4 N–H and O–H groups in total. The number of hydrogen-bond donors (Lipinski definition) is 2. The third-order valence-electron chi connectivity index (χ3n) is 0.817. The number of hydrogen-bond acceptors (Lipinski definition) is 3. The summed E-state index contributed by atoms with van der Waals surface area (Å²) in [6.45, 7) is 0. The van der Waals surface area contributed by atoms with E-state index >= 15 is 0 Å². The highest BCUT2D eigenvalue weighted by atomic mass is 16.1. The fourth-order valence-electron chi connectivity index (χ4n) is 0.448. The average Bonchev–Trinajstić information content (AvgIpc) is 1.63. The minimum absolute atomic E-state index is 0.0908. The fraction of sp³-hybridized carbons (Fsp3) is 0.600. The van der Waals surface area contributed by atoms with Crippen LogP contribution in [0.3, 0.4) is 0 Å². The summed E-state index contributed by atoms with van der Waals surface area (Å²) in [6.07, 6.45) is 0.274. The summed E-state index contributed by atoms with van der Waals surface area (Å²) in [5, 5.41) is 8.07. The van der Waals surface area contributed by atoms with E-state index in [0.29, 0.717) is 0 Å². The van der Waals surface area contributed by atoms with Gasteiger partial charge in [0.2, 0.25) is 5.91 Å². The van der Waals surface area contributed by atoms with Crippen molar-refractivity contribution in [2.24, 2.45) is 11.5 Å². The summed E-state index contributed by atoms with van der Waals surface area (Å²) in [5.41, 5.74) is 10.1. The van der Waals surface area contributed by atoms with Crippen LogP contribution in [0.15, 0.2) is 0 Å². The van der Waals surface area contributed by atoms with E-state index in [1.807, 2.05) is 6.07 Å². The van der Waals surface area contributed by atoms with Crippen LogP contribution in [0.5, 0.6) is 0 Å². The second-order valence-electron chi connectivity index (χ2n) is 1.79. The third kappa shape index (κ3) is 4.78. The minimum atomic E-state index is -0.460. The average molecular weight is 127 g/mol. The van der Waals surface area contributed by atoms with E-state index in [9.17, 15) is 4.79 Å². The maximum atomic E-state index is 10.1. The number of carbonyl (C=O) groups excluding carboxylic acids is 1. The number of nitriles is 1.